The molecule has 188 valence electrons. The zero-order chi connectivity index (χ0) is 25.1. The molecule has 0 atom stereocenters. The van der Waals surface area contributed by atoms with Gasteiger partial charge >= 0.3 is 0 Å². The number of pyridine rings is 1. The van der Waals surface area contributed by atoms with Gasteiger partial charge in [-0.25, -0.2) is 0 Å². The lowest BCUT2D eigenvalue weighted by molar-refractivity contribution is 0.0785. The lowest BCUT2D eigenvalue weighted by atomic mass is 9.90. The highest BCUT2D eigenvalue weighted by atomic mass is 35.5. The summed E-state index contributed by atoms with van der Waals surface area (Å²) in [5.74, 6) is 1.60. The minimum Gasteiger partial charge on any atom is -0.489 e. The normalized spacial score (nSPS) is 17.7. The number of hydrogen-bond donors (Lipinski definition) is 1. The molecule has 0 unspecified atom stereocenters. The lowest BCUT2D eigenvalue weighted by Gasteiger charge is -2.32. The van der Waals surface area contributed by atoms with Gasteiger partial charge in [-0.1, -0.05) is 41.9 Å². The number of halogens is 1. The highest BCUT2D eigenvalue weighted by Gasteiger charge is 2.24. The maximum atomic E-state index is 10.6. The average molecular weight is 505 g/mol. The molecule has 2 aromatic carbocycles. The number of ether oxygens (including phenoxy) is 2. The molecule has 3 heterocycles. The van der Waals surface area contributed by atoms with E-state index in [-0.39, 0.29) is 6.10 Å². The molecule has 0 aliphatic carbocycles. The van der Waals surface area contributed by atoms with Gasteiger partial charge in [0.05, 0.1) is 16.3 Å². The number of para-hydroxylation sites is 1. The maximum absolute atomic E-state index is 10.6. The fourth-order valence-corrected chi connectivity index (χ4v) is 5.10. The maximum Gasteiger partial charge on any atom is 0.138 e. The number of nitrogens with zero attached hydrogens (tertiary/aromatic N) is 2. The van der Waals surface area contributed by atoms with E-state index >= 15 is 0 Å². The number of fused-ring (bicyclic) bond motifs is 2. The molecular formula is C30H33ClN2O3. The first-order valence-corrected chi connectivity index (χ1v) is 13.0. The second-order valence-corrected chi connectivity index (χ2v) is 10.5. The van der Waals surface area contributed by atoms with E-state index in [1.807, 2.05) is 62.5 Å². The van der Waals surface area contributed by atoms with E-state index < -0.39 is 5.60 Å². The molecule has 0 radical (unpaired) electrons. The minimum atomic E-state index is -0.930. The summed E-state index contributed by atoms with van der Waals surface area (Å²) in [6, 6.07) is 17.7. The average Bonchev–Trinajstić information content (AvgIpc) is 3.03. The Bertz CT molecular complexity index is 1240. The van der Waals surface area contributed by atoms with E-state index in [2.05, 4.69) is 28.1 Å². The van der Waals surface area contributed by atoms with Crippen LogP contribution in [0.3, 0.4) is 0 Å². The molecule has 0 bridgehead atoms. The van der Waals surface area contributed by atoms with E-state index in [4.69, 9.17) is 21.1 Å². The Labute approximate surface area is 218 Å². The van der Waals surface area contributed by atoms with Crippen molar-refractivity contribution in [2.75, 3.05) is 19.6 Å². The number of aromatic nitrogens is 1. The van der Waals surface area contributed by atoms with Crippen molar-refractivity contribution < 1.29 is 14.6 Å². The molecule has 2 aliphatic heterocycles. The van der Waals surface area contributed by atoms with Crippen LogP contribution < -0.4 is 9.47 Å². The van der Waals surface area contributed by atoms with Crippen LogP contribution >= 0.6 is 11.6 Å². The number of hydrogen-bond acceptors (Lipinski definition) is 5. The molecule has 5 nitrogen and oxygen atoms in total. The topological polar surface area (TPSA) is 54.8 Å². The fraction of sp³-hybridized carbons (Fsp3) is 0.367. The third-order valence-corrected chi connectivity index (χ3v) is 7.29. The molecule has 6 heteroatoms. The zero-order valence-corrected chi connectivity index (χ0v) is 21.7. The highest BCUT2D eigenvalue weighted by Crippen LogP contribution is 2.38. The molecule has 1 N–H and O–H groups in total. The second kappa shape index (κ2) is 10.6. The molecule has 1 saturated heterocycles. The van der Waals surface area contributed by atoms with Gasteiger partial charge < -0.3 is 19.5 Å². The summed E-state index contributed by atoms with van der Waals surface area (Å²) >= 11 is 6.26. The zero-order valence-electron chi connectivity index (χ0n) is 20.9. The Kier molecular flexibility index (Phi) is 7.33. The fourth-order valence-electron chi connectivity index (χ4n) is 4.92. The highest BCUT2D eigenvalue weighted by molar-refractivity contribution is 6.32. The molecule has 3 aromatic rings. The number of piperidine rings is 1. The number of aliphatic hydroxyl groups is 1. The van der Waals surface area contributed by atoms with E-state index in [0.717, 1.165) is 78.4 Å². The van der Waals surface area contributed by atoms with Crippen LogP contribution in [-0.2, 0) is 12.2 Å². The largest absolute Gasteiger partial charge is 0.489 e. The summed E-state index contributed by atoms with van der Waals surface area (Å²) < 4.78 is 12.3. The molecule has 2 aliphatic rings. The molecule has 5 rings (SSSR count). The van der Waals surface area contributed by atoms with Crippen LogP contribution in [0.15, 0.2) is 66.9 Å². The Morgan fingerprint density at radius 2 is 1.92 bits per heavy atom. The second-order valence-electron chi connectivity index (χ2n) is 10.1. The van der Waals surface area contributed by atoms with Gasteiger partial charge in [-0.2, -0.15) is 0 Å². The van der Waals surface area contributed by atoms with Gasteiger partial charge in [-0.3, -0.25) is 4.98 Å². The van der Waals surface area contributed by atoms with Crippen molar-refractivity contribution in [1.29, 1.82) is 0 Å². The predicted molar refractivity (Wildman–Crippen MR) is 143 cm³/mol. The Morgan fingerprint density at radius 1 is 1.11 bits per heavy atom. The molecule has 0 amide bonds. The van der Waals surface area contributed by atoms with E-state index in [1.54, 1.807) is 0 Å². The van der Waals surface area contributed by atoms with Crippen LogP contribution in [0.1, 0.15) is 55.5 Å². The lowest BCUT2D eigenvalue weighted by Crippen LogP contribution is -2.38. The molecule has 0 spiro atoms. The van der Waals surface area contributed by atoms with Gasteiger partial charge in [0.2, 0.25) is 0 Å². The monoisotopic (exact) mass is 504 g/mol. The van der Waals surface area contributed by atoms with E-state index in [1.165, 1.54) is 0 Å². The number of benzene rings is 2. The smallest absolute Gasteiger partial charge is 0.138 e. The molecular weight excluding hydrogens is 472 g/mol. The Hall–Kier alpha value is -2.86. The third kappa shape index (κ3) is 5.59. The van der Waals surface area contributed by atoms with Crippen molar-refractivity contribution in [2.45, 2.75) is 51.4 Å². The number of rotatable bonds is 6. The molecule has 36 heavy (non-hydrogen) atoms. The SMILES string of the molecule is CC(C)(O)c1ccc2c(c1)/C(=C/CCN1CCC(Oc3ccccc3Cl)CC1)c1cccnc1CO2. The van der Waals surface area contributed by atoms with Gasteiger partial charge in [0.15, 0.2) is 0 Å². The first-order chi connectivity index (χ1) is 17.4. The number of likely N-dealkylation sites (tertiary alicyclic amines) is 1. The van der Waals surface area contributed by atoms with Crippen molar-refractivity contribution in [3.63, 3.8) is 0 Å². The van der Waals surface area contributed by atoms with Crippen molar-refractivity contribution in [3.05, 3.63) is 94.3 Å². The van der Waals surface area contributed by atoms with Crippen LogP contribution in [0.2, 0.25) is 5.02 Å². The van der Waals surface area contributed by atoms with Gasteiger partial charge in [-0.05, 0) is 74.6 Å². The summed E-state index contributed by atoms with van der Waals surface area (Å²) in [4.78, 5) is 7.08. The van der Waals surface area contributed by atoms with Crippen LogP contribution in [0.4, 0.5) is 0 Å². The van der Waals surface area contributed by atoms with Crippen molar-refractivity contribution >= 4 is 17.2 Å². The Morgan fingerprint density at radius 3 is 2.69 bits per heavy atom. The molecule has 0 saturated carbocycles. The van der Waals surface area contributed by atoms with Gasteiger partial charge in [0, 0.05) is 37.0 Å². The summed E-state index contributed by atoms with van der Waals surface area (Å²) in [6.07, 6.45) is 7.19. The van der Waals surface area contributed by atoms with Gasteiger partial charge in [0.1, 0.15) is 24.2 Å². The molecule has 1 aromatic heterocycles. The Balaban J connectivity index is 1.29. The quantitative estimate of drug-likeness (QED) is 0.432. The summed E-state index contributed by atoms with van der Waals surface area (Å²) in [5, 5.41) is 11.3. The van der Waals surface area contributed by atoms with Crippen LogP contribution in [0.25, 0.3) is 5.57 Å². The van der Waals surface area contributed by atoms with Crippen LogP contribution in [0.5, 0.6) is 11.5 Å². The van der Waals surface area contributed by atoms with E-state index in [0.29, 0.717) is 11.6 Å². The summed E-state index contributed by atoms with van der Waals surface area (Å²) in [7, 11) is 0. The van der Waals surface area contributed by atoms with Gasteiger partial charge in [-0.15, -0.1) is 0 Å². The third-order valence-electron chi connectivity index (χ3n) is 6.98. The standard InChI is InChI=1S/C30H33ClN2O3/c1-30(2,34)21-11-12-28-25(19-21)23(24-7-5-15-32-27(24)20-35-28)8-6-16-33-17-13-22(14-18-33)36-29-10-4-3-9-26(29)31/h3-5,7-12,15,19,22,34H,6,13-14,16-18,20H2,1-2H3/b23-8+. The van der Waals surface area contributed by atoms with Crippen molar-refractivity contribution in [3.8, 4) is 11.5 Å². The van der Waals surface area contributed by atoms with Crippen molar-refractivity contribution in [1.82, 2.24) is 9.88 Å². The van der Waals surface area contributed by atoms with Gasteiger partial charge in [0.25, 0.3) is 0 Å². The summed E-state index contributed by atoms with van der Waals surface area (Å²) in [6.45, 7) is 7.02. The van der Waals surface area contributed by atoms with Crippen LogP contribution in [0, 0.1) is 0 Å². The predicted octanol–water partition coefficient (Wildman–Crippen LogP) is 6.22. The summed E-state index contributed by atoms with van der Waals surface area (Å²) in [5.41, 5.74) is 4.09. The van der Waals surface area contributed by atoms with Crippen LogP contribution in [-0.4, -0.2) is 40.7 Å². The molecule has 1 fully saturated rings. The van der Waals surface area contributed by atoms with Crippen molar-refractivity contribution in [2.24, 2.45) is 0 Å². The van der Waals surface area contributed by atoms with E-state index in [9.17, 15) is 5.11 Å². The minimum absolute atomic E-state index is 0.198. The first-order valence-electron chi connectivity index (χ1n) is 12.7. The first kappa shape index (κ1) is 24.8.